The monoisotopic (exact) mass is 331 g/mol. The molecule has 23 heavy (non-hydrogen) atoms. The lowest BCUT2D eigenvalue weighted by atomic mass is 10.3. The number of aromatic nitrogens is 2. The number of ether oxygens (including phenoxy) is 1. The molecule has 0 spiro atoms. The van der Waals surface area contributed by atoms with E-state index in [4.69, 9.17) is 4.74 Å². The molecule has 0 aliphatic carbocycles. The van der Waals surface area contributed by atoms with Crippen LogP contribution < -0.4 is 10.1 Å². The van der Waals surface area contributed by atoms with Gasteiger partial charge in [0.2, 0.25) is 5.88 Å². The van der Waals surface area contributed by atoms with E-state index in [-0.39, 0.29) is 6.10 Å². The number of aliphatic imine (C=N–C) groups is 1. The molecule has 3 rings (SSSR count). The van der Waals surface area contributed by atoms with Crippen LogP contribution in [0.15, 0.2) is 35.6 Å². The van der Waals surface area contributed by atoms with Crippen molar-refractivity contribution in [2.45, 2.75) is 26.0 Å². The van der Waals surface area contributed by atoms with Gasteiger partial charge in [0.15, 0.2) is 5.96 Å². The number of thiazole rings is 1. The average molecular weight is 331 g/mol. The van der Waals surface area contributed by atoms with E-state index in [2.05, 4.69) is 25.2 Å². The molecular weight excluding hydrogens is 310 g/mol. The van der Waals surface area contributed by atoms with E-state index < -0.39 is 0 Å². The van der Waals surface area contributed by atoms with Gasteiger partial charge in [0, 0.05) is 43.4 Å². The van der Waals surface area contributed by atoms with Crippen molar-refractivity contribution in [3.8, 4) is 5.88 Å². The molecule has 3 heterocycles. The molecule has 1 unspecified atom stereocenters. The number of hydrogen-bond acceptors (Lipinski definition) is 5. The van der Waals surface area contributed by atoms with Gasteiger partial charge in [-0.15, -0.1) is 11.3 Å². The molecule has 122 valence electrons. The molecule has 1 aliphatic heterocycles. The van der Waals surface area contributed by atoms with Crippen LogP contribution in [0.25, 0.3) is 0 Å². The summed E-state index contributed by atoms with van der Waals surface area (Å²) in [7, 11) is 1.81. The minimum atomic E-state index is 0.147. The Labute approximate surface area is 140 Å². The van der Waals surface area contributed by atoms with Gasteiger partial charge in [-0.05, 0) is 13.0 Å². The van der Waals surface area contributed by atoms with Gasteiger partial charge < -0.3 is 15.0 Å². The van der Waals surface area contributed by atoms with Gasteiger partial charge >= 0.3 is 0 Å². The van der Waals surface area contributed by atoms with Gasteiger partial charge in [-0.25, -0.2) is 9.97 Å². The Kier molecular flexibility index (Phi) is 5.07. The van der Waals surface area contributed by atoms with Crippen LogP contribution in [0.4, 0.5) is 0 Å². The van der Waals surface area contributed by atoms with Gasteiger partial charge in [0.1, 0.15) is 6.10 Å². The molecule has 0 amide bonds. The molecule has 0 bridgehead atoms. The third kappa shape index (κ3) is 4.19. The first kappa shape index (κ1) is 15.7. The van der Waals surface area contributed by atoms with Gasteiger partial charge in [0.25, 0.3) is 0 Å². The lowest BCUT2D eigenvalue weighted by Gasteiger charge is -2.21. The predicted molar refractivity (Wildman–Crippen MR) is 91.9 cm³/mol. The molecule has 7 heteroatoms. The first-order valence-electron chi connectivity index (χ1n) is 7.69. The highest BCUT2D eigenvalue weighted by atomic mass is 32.1. The fourth-order valence-corrected chi connectivity index (χ4v) is 3.32. The van der Waals surface area contributed by atoms with Crippen molar-refractivity contribution < 1.29 is 4.74 Å². The van der Waals surface area contributed by atoms with Crippen molar-refractivity contribution in [3.63, 3.8) is 0 Å². The number of guanidine groups is 1. The summed E-state index contributed by atoms with van der Waals surface area (Å²) in [4.78, 5) is 16.3. The SMILES string of the molecule is CN=C(NCc1cnc(C)s1)N1CCC(Oc2ccccn2)C1. The van der Waals surface area contributed by atoms with Crippen LogP contribution in [0.5, 0.6) is 5.88 Å². The van der Waals surface area contributed by atoms with E-state index >= 15 is 0 Å². The fraction of sp³-hybridized carbons (Fsp3) is 0.438. The van der Waals surface area contributed by atoms with Gasteiger partial charge in [-0.1, -0.05) is 6.07 Å². The first-order valence-corrected chi connectivity index (χ1v) is 8.51. The average Bonchev–Trinajstić information content (AvgIpc) is 3.19. The summed E-state index contributed by atoms with van der Waals surface area (Å²) < 4.78 is 5.92. The Morgan fingerprint density at radius 2 is 2.39 bits per heavy atom. The van der Waals surface area contributed by atoms with Gasteiger partial charge in [0.05, 0.1) is 18.1 Å². The highest BCUT2D eigenvalue weighted by Crippen LogP contribution is 2.17. The van der Waals surface area contributed by atoms with E-state index in [0.29, 0.717) is 5.88 Å². The van der Waals surface area contributed by atoms with E-state index in [0.717, 1.165) is 37.0 Å². The van der Waals surface area contributed by atoms with Crippen LogP contribution in [0, 0.1) is 6.92 Å². The second-order valence-corrected chi connectivity index (χ2v) is 6.71. The standard InChI is InChI=1S/C16H21N5OS/c1-12-19-9-14(23-12)10-20-16(17-2)21-8-6-13(11-21)22-15-5-3-4-7-18-15/h3-5,7,9,13H,6,8,10-11H2,1-2H3,(H,17,20). The van der Waals surface area contributed by atoms with E-state index in [1.54, 1.807) is 17.5 Å². The normalized spacial score (nSPS) is 18.3. The summed E-state index contributed by atoms with van der Waals surface area (Å²) in [6.45, 7) is 4.51. The molecule has 1 aliphatic rings. The van der Waals surface area contributed by atoms with Crippen LogP contribution in [-0.4, -0.2) is 47.1 Å². The minimum Gasteiger partial charge on any atom is -0.472 e. The largest absolute Gasteiger partial charge is 0.472 e. The molecule has 0 aromatic carbocycles. The molecular formula is C16H21N5OS. The van der Waals surface area contributed by atoms with Crippen molar-refractivity contribution in [3.05, 3.63) is 40.5 Å². The summed E-state index contributed by atoms with van der Waals surface area (Å²) in [5, 5.41) is 4.49. The highest BCUT2D eigenvalue weighted by Gasteiger charge is 2.26. The Bertz CT molecular complexity index is 658. The van der Waals surface area contributed by atoms with Crippen LogP contribution in [0.3, 0.4) is 0 Å². The van der Waals surface area contributed by atoms with Crippen molar-refractivity contribution in [1.82, 2.24) is 20.2 Å². The number of nitrogens with one attached hydrogen (secondary N) is 1. The molecule has 1 saturated heterocycles. The molecule has 1 fully saturated rings. The number of rotatable bonds is 4. The van der Waals surface area contributed by atoms with Gasteiger partial charge in [-0.2, -0.15) is 0 Å². The zero-order valence-electron chi connectivity index (χ0n) is 13.4. The molecule has 1 N–H and O–H groups in total. The summed E-state index contributed by atoms with van der Waals surface area (Å²) in [6.07, 6.45) is 4.78. The van der Waals surface area contributed by atoms with E-state index in [9.17, 15) is 0 Å². The van der Waals surface area contributed by atoms with Crippen LogP contribution in [0.1, 0.15) is 16.3 Å². The molecule has 2 aromatic heterocycles. The quantitative estimate of drug-likeness (QED) is 0.686. The maximum absolute atomic E-state index is 5.92. The van der Waals surface area contributed by atoms with Crippen LogP contribution in [0.2, 0.25) is 0 Å². The molecule has 2 aromatic rings. The predicted octanol–water partition coefficient (Wildman–Crippen LogP) is 2.08. The Morgan fingerprint density at radius 1 is 1.48 bits per heavy atom. The molecule has 6 nitrogen and oxygen atoms in total. The number of likely N-dealkylation sites (tertiary alicyclic amines) is 1. The summed E-state index contributed by atoms with van der Waals surface area (Å²) >= 11 is 1.70. The van der Waals surface area contributed by atoms with Gasteiger partial charge in [-0.3, -0.25) is 4.99 Å². The lowest BCUT2D eigenvalue weighted by molar-refractivity contribution is 0.205. The number of nitrogens with zero attached hydrogens (tertiary/aromatic N) is 4. The summed E-state index contributed by atoms with van der Waals surface area (Å²) in [5.41, 5.74) is 0. The van der Waals surface area contributed by atoms with Crippen molar-refractivity contribution in [2.75, 3.05) is 20.1 Å². The Hall–Kier alpha value is -2.15. The zero-order valence-corrected chi connectivity index (χ0v) is 14.2. The first-order chi connectivity index (χ1) is 11.2. The van der Waals surface area contributed by atoms with Crippen LogP contribution in [-0.2, 0) is 6.54 Å². The molecule has 0 saturated carbocycles. The number of pyridine rings is 1. The Morgan fingerprint density at radius 3 is 3.09 bits per heavy atom. The minimum absolute atomic E-state index is 0.147. The number of hydrogen-bond donors (Lipinski definition) is 1. The summed E-state index contributed by atoms with van der Waals surface area (Å²) in [6, 6.07) is 5.72. The fourth-order valence-electron chi connectivity index (χ4n) is 2.59. The molecule has 1 atom stereocenters. The van der Waals surface area contributed by atoms with Crippen molar-refractivity contribution in [2.24, 2.45) is 4.99 Å². The lowest BCUT2D eigenvalue weighted by Crippen LogP contribution is -2.40. The van der Waals surface area contributed by atoms with E-state index in [1.807, 2.05) is 38.4 Å². The third-order valence-electron chi connectivity index (χ3n) is 3.67. The third-order valence-corrected chi connectivity index (χ3v) is 4.58. The maximum Gasteiger partial charge on any atom is 0.213 e. The second-order valence-electron chi connectivity index (χ2n) is 5.39. The highest BCUT2D eigenvalue weighted by molar-refractivity contribution is 7.11. The maximum atomic E-state index is 5.92. The Balaban J connectivity index is 1.52. The van der Waals surface area contributed by atoms with Crippen molar-refractivity contribution >= 4 is 17.3 Å². The van der Waals surface area contributed by atoms with E-state index in [1.165, 1.54) is 4.88 Å². The summed E-state index contributed by atoms with van der Waals surface area (Å²) in [5.74, 6) is 1.59. The number of aryl methyl sites for hydroxylation is 1. The smallest absolute Gasteiger partial charge is 0.213 e. The zero-order chi connectivity index (χ0) is 16.1. The topological polar surface area (TPSA) is 62.6 Å². The van der Waals surface area contributed by atoms with Crippen molar-refractivity contribution in [1.29, 1.82) is 0 Å². The molecule has 0 radical (unpaired) electrons. The second kappa shape index (κ2) is 7.41. The van der Waals surface area contributed by atoms with Crippen LogP contribution >= 0.6 is 11.3 Å².